The molecule has 10 nitrogen and oxygen atoms in total. The first-order valence-corrected chi connectivity index (χ1v) is 14.1. The molecular formula is C24H29N3O7S2. The molecule has 0 unspecified atom stereocenters. The minimum atomic E-state index is -3.60. The van der Waals surface area contributed by atoms with Gasteiger partial charge in [0.05, 0.1) is 30.7 Å². The highest BCUT2D eigenvalue weighted by Gasteiger charge is 2.32. The molecule has 0 saturated carbocycles. The van der Waals surface area contributed by atoms with Gasteiger partial charge in [-0.2, -0.15) is 4.31 Å². The smallest absolute Gasteiger partial charge is 0.410 e. The van der Waals surface area contributed by atoms with Gasteiger partial charge in [0, 0.05) is 30.1 Å². The third-order valence-electron chi connectivity index (χ3n) is 6.27. The van der Waals surface area contributed by atoms with Crippen LogP contribution in [0, 0.1) is 0 Å². The van der Waals surface area contributed by atoms with E-state index in [9.17, 15) is 22.8 Å². The maximum absolute atomic E-state index is 13.0. The third kappa shape index (κ3) is 5.25. The van der Waals surface area contributed by atoms with Gasteiger partial charge in [0.25, 0.3) is 5.91 Å². The number of hydrogen-bond acceptors (Lipinski definition) is 8. The number of amides is 2. The van der Waals surface area contributed by atoms with Crippen LogP contribution in [0.4, 0.5) is 9.80 Å². The number of carbonyl (C=O) groups is 3. The zero-order valence-electron chi connectivity index (χ0n) is 20.2. The van der Waals surface area contributed by atoms with E-state index in [0.29, 0.717) is 31.1 Å². The van der Waals surface area contributed by atoms with Crippen molar-refractivity contribution >= 4 is 44.3 Å². The van der Waals surface area contributed by atoms with Gasteiger partial charge in [-0.1, -0.05) is 6.42 Å². The first kappa shape index (κ1) is 26.1. The number of piperidine rings is 1. The van der Waals surface area contributed by atoms with E-state index in [0.717, 1.165) is 29.7 Å². The Morgan fingerprint density at radius 1 is 1.06 bits per heavy atom. The quantitative estimate of drug-likeness (QED) is 0.562. The highest BCUT2D eigenvalue weighted by Crippen LogP contribution is 2.38. The number of rotatable bonds is 6. The minimum Gasteiger partial charge on any atom is -0.465 e. The lowest BCUT2D eigenvalue weighted by Crippen LogP contribution is -2.36. The third-order valence-corrected chi connectivity index (χ3v) is 9.31. The number of anilines is 1. The molecule has 36 heavy (non-hydrogen) atoms. The fourth-order valence-corrected chi connectivity index (χ4v) is 7.15. The van der Waals surface area contributed by atoms with E-state index >= 15 is 0 Å². The van der Waals surface area contributed by atoms with Crippen LogP contribution < -0.4 is 5.32 Å². The van der Waals surface area contributed by atoms with Gasteiger partial charge < -0.3 is 19.7 Å². The number of thiophene rings is 1. The summed E-state index contributed by atoms with van der Waals surface area (Å²) in [6.07, 6.45) is 2.69. The molecule has 1 aromatic heterocycles. The van der Waals surface area contributed by atoms with Crippen LogP contribution in [0.15, 0.2) is 29.2 Å². The molecule has 2 aliphatic heterocycles. The van der Waals surface area contributed by atoms with E-state index < -0.39 is 28.0 Å². The number of methoxy groups -OCH3 is 1. The molecule has 0 bridgehead atoms. The number of esters is 1. The molecule has 2 aliphatic rings. The molecule has 12 heteroatoms. The first-order chi connectivity index (χ1) is 17.3. The second-order valence-electron chi connectivity index (χ2n) is 8.51. The monoisotopic (exact) mass is 535 g/mol. The summed E-state index contributed by atoms with van der Waals surface area (Å²) >= 11 is 1.21. The zero-order chi connectivity index (χ0) is 25.9. The van der Waals surface area contributed by atoms with Gasteiger partial charge >= 0.3 is 12.1 Å². The molecule has 2 aromatic rings. The summed E-state index contributed by atoms with van der Waals surface area (Å²) in [7, 11) is -2.33. The molecule has 194 valence electrons. The van der Waals surface area contributed by atoms with Crippen molar-refractivity contribution < 1.29 is 32.3 Å². The summed E-state index contributed by atoms with van der Waals surface area (Å²) in [5, 5.41) is 3.10. The first-order valence-electron chi connectivity index (χ1n) is 11.8. The van der Waals surface area contributed by atoms with Crippen molar-refractivity contribution in [3.05, 3.63) is 45.8 Å². The second kappa shape index (κ2) is 11.0. The van der Waals surface area contributed by atoms with Crippen molar-refractivity contribution in [1.82, 2.24) is 9.21 Å². The van der Waals surface area contributed by atoms with Crippen LogP contribution >= 0.6 is 11.3 Å². The van der Waals surface area contributed by atoms with Crippen molar-refractivity contribution in [1.29, 1.82) is 0 Å². The van der Waals surface area contributed by atoms with E-state index in [4.69, 9.17) is 9.47 Å². The second-order valence-corrected chi connectivity index (χ2v) is 11.6. The van der Waals surface area contributed by atoms with E-state index in [-0.39, 0.29) is 29.2 Å². The maximum atomic E-state index is 13.0. The summed E-state index contributed by atoms with van der Waals surface area (Å²) < 4.78 is 37.3. The lowest BCUT2D eigenvalue weighted by Gasteiger charge is -2.26. The number of hydrogen-bond donors (Lipinski definition) is 1. The van der Waals surface area contributed by atoms with Crippen LogP contribution in [0.1, 0.15) is 57.3 Å². The van der Waals surface area contributed by atoms with Gasteiger partial charge in [0.2, 0.25) is 10.0 Å². The summed E-state index contributed by atoms with van der Waals surface area (Å²) in [6, 6.07) is 5.77. The zero-order valence-corrected chi connectivity index (χ0v) is 21.9. The van der Waals surface area contributed by atoms with Crippen molar-refractivity contribution in [3.8, 4) is 0 Å². The van der Waals surface area contributed by atoms with Gasteiger partial charge in [-0.05, 0) is 56.0 Å². The number of sulfonamides is 1. The number of carbonyl (C=O) groups excluding carboxylic acids is 3. The van der Waals surface area contributed by atoms with Crippen LogP contribution in [0.2, 0.25) is 0 Å². The summed E-state index contributed by atoms with van der Waals surface area (Å²) in [5.74, 6) is -1.06. The molecule has 0 atom stereocenters. The molecule has 0 spiro atoms. The Bertz CT molecular complexity index is 1250. The molecule has 1 saturated heterocycles. The molecule has 1 aromatic carbocycles. The predicted molar refractivity (Wildman–Crippen MR) is 134 cm³/mol. The number of nitrogens with one attached hydrogen (secondary N) is 1. The normalized spacial score (nSPS) is 16.2. The standard InChI is InChI=1S/C24H29N3O7S2/c1-3-34-24(30)26-14-11-18-19(15-26)35-22(20(18)23(29)33-2)25-21(28)16-7-9-17(10-8-16)36(31,32)27-12-5-4-6-13-27/h7-10H,3-6,11-15H2,1-2H3,(H,25,28). The minimum absolute atomic E-state index is 0.141. The number of nitrogens with zero attached hydrogens (tertiary/aromatic N) is 2. The fourth-order valence-electron chi connectivity index (χ4n) is 4.39. The van der Waals surface area contributed by atoms with Gasteiger partial charge in [-0.3, -0.25) is 4.79 Å². The molecule has 4 rings (SSSR count). The molecule has 0 radical (unpaired) electrons. The average molecular weight is 536 g/mol. The number of fused-ring (bicyclic) bond motifs is 1. The number of benzene rings is 1. The van der Waals surface area contributed by atoms with Crippen molar-refractivity contribution in [2.24, 2.45) is 0 Å². The van der Waals surface area contributed by atoms with Crippen LogP contribution in [-0.4, -0.2) is 68.9 Å². The van der Waals surface area contributed by atoms with Crippen LogP contribution in [0.3, 0.4) is 0 Å². The van der Waals surface area contributed by atoms with Gasteiger partial charge in [0.1, 0.15) is 5.00 Å². The van der Waals surface area contributed by atoms with E-state index in [2.05, 4.69) is 5.32 Å². The van der Waals surface area contributed by atoms with E-state index in [1.165, 1.54) is 47.0 Å². The highest BCUT2D eigenvalue weighted by atomic mass is 32.2. The van der Waals surface area contributed by atoms with Crippen molar-refractivity contribution in [2.45, 2.75) is 44.0 Å². The lowest BCUT2D eigenvalue weighted by molar-refractivity contribution is 0.0600. The van der Waals surface area contributed by atoms with Crippen LogP contribution in [0.25, 0.3) is 0 Å². The van der Waals surface area contributed by atoms with E-state index in [1.807, 2.05) is 0 Å². The summed E-state index contributed by atoms with van der Waals surface area (Å²) in [4.78, 5) is 40.2. The summed E-state index contributed by atoms with van der Waals surface area (Å²) in [6.45, 7) is 3.64. The SMILES string of the molecule is CCOC(=O)N1CCc2c(sc(NC(=O)c3ccc(S(=O)(=O)N4CCCCC4)cc3)c2C(=O)OC)C1. The topological polar surface area (TPSA) is 122 Å². The van der Waals surface area contributed by atoms with Crippen LogP contribution in [-0.2, 0) is 32.5 Å². The maximum Gasteiger partial charge on any atom is 0.410 e. The lowest BCUT2D eigenvalue weighted by atomic mass is 10.0. The Morgan fingerprint density at radius 2 is 1.75 bits per heavy atom. The Hall–Kier alpha value is -2.96. The van der Waals surface area contributed by atoms with Crippen molar-refractivity contribution in [2.75, 3.05) is 38.7 Å². The van der Waals surface area contributed by atoms with Gasteiger partial charge in [-0.15, -0.1) is 11.3 Å². The number of ether oxygens (including phenoxy) is 2. The molecule has 0 aliphatic carbocycles. The Kier molecular flexibility index (Phi) is 7.96. The van der Waals surface area contributed by atoms with Gasteiger partial charge in [0.15, 0.2) is 0 Å². The highest BCUT2D eigenvalue weighted by molar-refractivity contribution is 7.89. The fraction of sp³-hybridized carbons (Fsp3) is 0.458. The molecule has 2 amide bonds. The molecular weight excluding hydrogens is 506 g/mol. The molecule has 3 heterocycles. The molecule has 1 N–H and O–H groups in total. The van der Waals surface area contributed by atoms with Crippen LogP contribution in [0.5, 0.6) is 0 Å². The Morgan fingerprint density at radius 3 is 2.39 bits per heavy atom. The van der Waals surface area contributed by atoms with Gasteiger partial charge in [-0.25, -0.2) is 18.0 Å². The van der Waals surface area contributed by atoms with Crippen molar-refractivity contribution in [3.63, 3.8) is 0 Å². The summed E-state index contributed by atoms with van der Waals surface area (Å²) in [5.41, 5.74) is 1.27. The molecule has 1 fully saturated rings. The predicted octanol–water partition coefficient (Wildman–Crippen LogP) is 3.48. The van der Waals surface area contributed by atoms with E-state index in [1.54, 1.807) is 11.8 Å². The average Bonchev–Trinajstić information content (AvgIpc) is 3.25. The largest absolute Gasteiger partial charge is 0.465 e. The Balaban J connectivity index is 1.54. The Labute approximate surface area is 214 Å².